The minimum Gasteiger partial charge on any atom is -0.260 e. The van der Waals surface area contributed by atoms with Crippen molar-refractivity contribution in [1.29, 1.82) is 0 Å². The largest absolute Gasteiger partial charge is 0.286 e. The highest BCUT2D eigenvalue weighted by atomic mass is 35.5. The number of alkyl halides is 1. The fourth-order valence-electron chi connectivity index (χ4n) is 2.02. The van der Waals surface area contributed by atoms with Gasteiger partial charge >= 0.3 is 0 Å². The van der Waals surface area contributed by atoms with Crippen LogP contribution in [0.25, 0.3) is 0 Å². The SMILES string of the molecule is CNN1C(C2(Cl)CC2)=NS(=O)(=O)c2ccccc21. The van der Waals surface area contributed by atoms with Crippen molar-refractivity contribution in [2.45, 2.75) is 22.6 Å². The fourth-order valence-corrected chi connectivity index (χ4v) is 3.55. The van der Waals surface area contributed by atoms with Gasteiger partial charge in [-0.25, -0.2) is 5.43 Å². The molecule has 1 saturated carbocycles. The third-order valence-electron chi connectivity index (χ3n) is 3.12. The molecule has 5 nitrogen and oxygen atoms in total. The highest BCUT2D eigenvalue weighted by Crippen LogP contribution is 2.47. The van der Waals surface area contributed by atoms with Crippen LogP contribution in [0.1, 0.15) is 12.8 Å². The Bertz CT molecular complexity index is 637. The van der Waals surface area contributed by atoms with Crippen molar-refractivity contribution in [1.82, 2.24) is 5.43 Å². The molecule has 3 rings (SSSR count). The number of anilines is 1. The lowest BCUT2D eigenvalue weighted by Crippen LogP contribution is -2.48. The highest BCUT2D eigenvalue weighted by molar-refractivity contribution is 7.90. The first-order valence-corrected chi connectivity index (χ1v) is 7.41. The Kier molecular flexibility index (Phi) is 2.45. The summed E-state index contributed by atoms with van der Waals surface area (Å²) in [5.74, 6) is 0.366. The van der Waals surface area contributed by atoms with E-state index in [0.717, 1.165) is 12.8 Å². The minimum atomic E-state index is -3.66. The molecule has 96 valence electrons. The number of rotatable bonds is 2. The quantitative estimate of drug-likeness (QED) is 0.837. The maximum absolute atomic E-state index is 12.1. The number of nitrogens with one attached hydrogen (secondary N) is 1. The Hall–Kier alpha value is -1.11. The highest BCUT2D eigenvalue weighted by Gasteiger charge is 2.51. The van der Waals surface area contributed by atoms with Crippen LogP contribution in [0, 0.1) is 0 Å². The molecule has 1 aromatic rings. The van der Waals surface area contributed by atoms with Gasteiger partial charge in [0.2, 0.25) is 0 Å². The molecule has 0 aromatic heterocycles. The van der Waals surface area contributed by atoms with Crippen molar-refractivity contribution in [2.24, 2.45) is 4.40 Å². The molecule has 1 N–H and O–H groups in total. The molecular formula is C11H12ClN3O2S. The molecular weight excluding hydrogens is 274 g/mol. The molecule has 0 atom stereocenters. The van der Waals surface area contributed by atoms with Gasteiger partial charge in [-0.05, 0) is 25.0 Å². The zero-order valence-corrected chi connectivity index (χ0v) is 11.3. The van der Waals surface area contributed by atoms with E-state index in [9.17, 15) is 8.42 Å². The summed E-state index contributed by atoms with van der Waals surface area (Å²) in [6, 6.07) is 6.75. The lowest BCUT2D eigenvalue weighted by Gasteiger charge is -2.31. The summed E-state index contributed by atoms with van der Waals surface area (Å²) in [5.41, 5.74) is 3.51. The predicted molar refractivity (Wildman–Crippen MR) is 70.4 cm³/mol. The average molecular weight is 286 g/mol. The second-order valence-corrected chi connectivity index (χ2v) is 6.68. The molecule has 7 heteroatoms. The van der Waals surface area contributed by atoms with Gasteiger partial charge in [-0.1, -0.05) is 12.1 Å². The normalized spacial score (nSPS) is 23.2. The van der Waals surface area contributed by atoms with E-state index in [2.05, 4.69) is 9.82 Å². The number of fused-ring (bicyclic) bond motifs is 1. The van der Waals surface area contributed by atoms with Crippen molar-refractivity contribution >= 4 is 33.1 Å². The van der Waals surface area contributed by atoms with Gasteiger partial charge in [-0.15, -0.1) is 16.0 Å². The number of amidine groups is 1. The van der Waals surface area contributed by atoms with Crippen molar-refractivity contribution in [3.8, 4) is 0 Å². The van der Waals surface area contributed by atoms with E-state index < -0.39 is 14.9 Å². The number of para-hydroxylation sites is 1. The Morgan fingerprint density at radius 3 is 2.67 bits per heavy atom. The Balaban J connectivity index is 2.23. The maximum Gasteiger partial charge on any atom is 0.286 e. The molecule has 0 radical (unpaired) electrons. The monoisotopic (exact) mass is 285 g/mol. The van der Waals surface area contributed by atoms with Crippen LogP contribution in [-0.2, 0) is 10.0 Å². The van der Waals surface area contributed by atoms with E-state index >= 15 is 0 Å². The van der Waals surface area contributed by atoms with Crippen LogP contribution in [0.3, 0.4) is 0 Å². The average Bonchev–Trinajstić information content (AvgIpc) is 3.08. The second-order valence-electron chi connectivity index (χ2n) is 4.38. The van der Waals surface area contributed by atoms with Crippen LogP contribution in [0.5, 0.6) is 0 Å². The number of hydrogen-bond acceptors (Lipinski definition) is 4. The van der Waals surface area contributed by atoms with Crippen LogP contribution < -0.4 is 10.4 Å². The molecule has 0 spiro atoms. The smallest absolute Gasteiger partial charge is 0.260 e. The summed E-state index contributed by atoms with van der Waals surface area (Å²) in [4.78, 5) is -0.451. The van der Waals surface area contributed by atoms with E-state index in [1.807, 2.05) is 0 Å². The van der Waals surface area contributed by atoms with Crippen LogP contribution in [-0.4, -0.2) is 26.2 Å². The van der Waals surface area contributed by atoms with E-state index in [-0.39, 0.29) is 4.90 Å². The van der Waals surface area contributed by atoms with Crippen molar-refractivity contribution < 1.29 is 8.42 Å². The van der Waals surface area contributed by atoms with Gasteiger partial charge in [0.1, 0.15) is 9.77 Å². The second kappa shape index (κ2) is 3.69. The van der Waals surface area contributed by atoms with Gasteiger partial charge in [0.05, 0.1) is 5.69 Å². The number of nitrogens with zero attached hydrogens (tertiary/aromatic N) is 2. The lowest BCUT2D eigenvalue weighted by atomic mass is 10.2. The summed E-state index contributed by atoms with van der Waals surface area (Å²) < 4.78 is 28.1. The van der Waals surface area contributed by atoms with Gasteiger partial charge in [0, 0.05) is 7.05 Å². The molecule has 1 fully saturated rings. The first-order valence-electron chi connectivity index (χ1n) is 5.59. The van der Waals surface area contributed by atoms with Gasteiger partial charge in [-0.2, -0.15) is 8.42 Å². The third kappa shape index (κ3) is 1.64. The van der Waals surface area contributed by atoms with Gasteiger partial charge in [-0.3, -0.25) is 5.01 Å². The summed E-state index contributed by atoms with van der Waals surface area (Å²) in [7, 11) is -1.94. The summed E-state index contributed by atoms with van der Waals surface area (Å²) in [6.07, 6.45) is 1.48. The number of hydrazine groups is 1. The van der Waals surface area contributed by atoms with E-state index in [4.69, 9.17) is 11.6 Å². The summed E-state index contributed by atoms with van der Waals surface area (Å²) in [5, 5.41) is 1.65. The number of sulfonamides is 1. The standard InChI is InChI=1S/C11H12ClN3O2S/c1-13-15-8-4-2-3-5-9(8)18(16,17)14-10(15)11(12)6-7-11/h2-5,13H,6-7H2,1H3. The Morgan fingerprint density at radius 1 is 1.39 bits per heavy atom. The molecule has 2 aliphatic rings. The Morgan fingerprint density at radius 2 is 2.06 bits per heavy atom. The van der Waals surface area contributed by atoms with E-state index in [1.165, 1.54) is 0 Å². The van der Waals surface area contributed by atoms with E-state index in [0.29, 0.717) is 11.5 Å². The predicted octanol–water partition coefficient (Wildman–Crippen LogP) is 1.50. The fraction of sp³-hybridized carbons (Fsp3) is 0.364. The van der Waals surface area contributed by atoms with E-state index in [1.54, 1.807) is 36.3 Å². The first kappa shape index (κ1) is 12.0. The zero-order chi connectivity index (χ0) is 13.0. The van der Waals surface area contributed by atoms with Crippen LogP contribution in [0.2, 0.25) is 0 Å². The molecule has 1 aliphatic carbocycles. The minimum absolute atomic E-state index is 0.198. The number of benzene rings is 1. The van der Waals surface area contributed by atoms with Crippen molar-refractivity contribution in [3.05, 3.63) is 24.3 Å². The molecule has 0 saturated heterocycles. The van der Waals surface area contributed by atoms with Crippen LogP contribution in [0.4, 0.5) is 5.69 Å². The summed E-state index contributed by atoms with van der Waals surface area (Å²) in [6.45, 7) is 0. The molecule has 1 heterocycles. The molecule has 0 amide bonds. The molecule has 18 heavy (non-hydrogen) atoms. The molecule has 1 aromatic carbocycles. The maximum atomic E-state index is 12.1. The number of hydrogen-bond donors (Lipinski definition) is 1. The number of halogens is 1. The van der Waals surface area contributed by atoms with Gasteiger partial charge in [0.15, 0.2) is 5.84 Å². The van der Waals surface area contributed by atoms with Crippen molar-refractivity contribution in [2.75, 3.05) is 12.1 Å². The van der Waals surface area contributed by atoms with Crippen LogP contribution in [0.15, 0.2) is 33.6 Å². The first-order chi connectivity index (χ1) is 8.48. The Labute approximate surface area is 110 Å². The molecule has 0 bridgehead atoms. The summed E-state index contributed by atoms with van der Waals surface area (Å²) >= 11 is 6.31. The van der Waals surface area contributed by atoms with Gasteiger partial charge < -0.3 is 0 Å². The third-order valence-corrected chi connectivity index (χ3v) is 4.98. The lowest BCUT2D eigenvalue weighted by molar-refractivity contribution is 0.595. The van der Waals surface area contributed by atoms with Crippen molar-refractivity contribution in [3.63, 3.8) is 0 Å². The molecule has 0 unspecified atom stereocenters. The van der Waals surface area contributed by atoms with Gasteiger partial charge in [0.25, 0.3) is 10.0 Å². The topological polar surface area (TPSA) is 61.8 Å². The zero-order valence-electron chi connectivity index (χ0n) is 9.72. The van der Waals surface area contributed by atoms with Crippen LogP contribution >= 0.6 is 11.6 Å². The molecule has 1 aliphatic heterocycles.